The van der Waals surface area contributed by atoms with Crippen molar-refractivity contribution in [3.05, 3.63) is 0 Å². The summed E-state index contributed by atoms with van der Waals surface area (Å²) < 4.78 is 0. The minimum atomic E-state index is -0.997. The van der Waals surface area contributed by atoms with Gasteiger partial charge in [-0.15, -0.1) is 0 Å². The van der Waals surface area contributed by atoms with E-state index in [2.05, 4.69) is 0 Å². The van der Waals surface area contributed by atoms with Crippen LogP contribution in [0.15, 0.2) is 0 Å². The average molecular weight is 346 g/mol. The fourth-order valence-electron chi connectivity index (χ4n) is 4.42. The second kappa shape index (κ2) is 15.2. The van der Waals surface area contributed by atoms with Crippen molar-refractivity contribution < 1.29 is 0 Å². The second-order valence-electron chi connectivity index (χ2n) is 7.83. The van der Waals surface area contributed by atoms with E-state index in [9.17, 15) is 0 Å². The SMILES string of the molecule is [B][B]B([B])B(B(B=S)B(B(B([B])[B])B([B])[B])B(B([B])[B])B([B])[B])B(B([B])[B])B([B])[B]. The molecule has 0 aromatic rings. The van der Waals surface area contributed by atoms with Crippen molar-refractivity contribution in [2.75, 3.05) is 0 Å². The molecule has 0 heterocycles. The van der Waals surface area contributed by atoms with Crippen LogP contribution < -0.4 is 0 Å². The molecule has 0 amide bonds. The molecule has 0 nitrogen and oxygen atoms in total. The molecule has 0 aliphatic heterocycles. The number of hydrogen-bond donors (Lipinski definition) is 0. The van der Waals surface area contributed by atoms with Crippen LogP contribution in [0.5, 0.6) is 0 Å². The normalized spacial score (nSPS) is 9.20. The molecule has 0 aromatic heterocycles. The van der Waals surface area contributed by atoms with Crippen LogP contribution in [-0.4, -0.2) is 204 Å². The maximum atomic E-state index is 6.29. The summed E-state index contributed by atoms with van der Waals surface area (Å²) in [6.45, 7) is 0. The fourth-order valence-corrected chi connectivity index (χ4v) is 4.78. The zero-order valence-corrected chi connectivity index (χ0v) is 18.0. The summed E-state index contributed by atoms with van der Waals surface area (Å²) in [5.74, 6) is 0. The van der Waals surface area contributed by atoms with Gasteiger partial charge in [-0.1, -0.05) is 0 Å². The molecular formula is B29S. The van der Waals surface area contributed by atoms with Gasteiger partial charge in [0.1, 0.15) is 0 Å². The van der Waals surface area contributed by atoms with Crippen LogP contribution in [0.1, 0.15) is 0 Å². The Morgan fingerprint density at radius 3 is 0.900 bits per heavy atom. The molecule has 0 atom stereocenters. The van der Waals surface area contributed by atoms with E-state index in [0.29, 0.717) is 0 Å². The van der Waals surface area contributed by atoms with Gasteiger partial charge in [0.2, 0.25) is 0 Å². The molecule has 0 fully saturated rings. The van der Waals surface area contributed by atoms with Crippen LogP contribution in [0.2, 0.25) is 0 Å². The van der Waals surface area contributed by atoms with E-state index in [1.807, 2.05) is 0 Å². The molecule has 0 aromatic carbocycles. The quantitative estimate of drug-likeness (QED) is 0.282. The van der Waals surface area contributed by atoms with Crippen LogP contribution in [0.3, 0.4) is 0 Å². The van der Waals surface area contributed by atoms with Crippen LogP contribution in [0.4, 0.5) is 0 Å². The topological polar surface area (TPSA) is 0 Å². The fraction of sp³-hybridized carbons (Fsp3) is 0. The van der Waals surface area contributed by atoms with Crippen LogP contribution in [-0.2, 0) is 0 Å². The Morgan fingerprint density at radius 2 is 0.700 bits per heavy atom. The summed E-state index contributed by atoms with van der Waals surface area (Å²) >= 11 is 5.35. The average Bonchev–Trinajstić information content (AvgIpc) is 2.58. The van der Waals surface area contributed by atoms with E-state index < -0.39 is 83.0 Å². The van der Waals surface area contributed by atoms with Gasteiger partial charge in [0.25, 0.3) is 0 Å². The first-order chi connectivity index (χ1) is 13.7. The van der Waals surface area contributed by atoms with Gasteiger partial charge in [-0.3, -0.25) is 0 Å². The molecule has 0 spiro atoms. The van der Waals surface area contributed by atoms with E-state index in [1.165, 1.54) is 13.1 Å². The number of rotatable bonds is 14. The summed E-state index contributed by atoms with van der Waals surface area (Å²) in [4.78, 5) is 0. The van der Waals surface area contributed by atoms with Crippen molar-refractivity contribution in [2.45, 2.75) is 0 Å². The molecule has 30 heteroatoms. The Morgan fingerprint density at radius 1 is 0.433 bits per heavy atom. The van der Waals surface area contributed by atoms with E-state index in [0.717, 1.165) is 0 Å². The van der Waals surface area contributed by atoms with Crippen molar-refractivity contribution in [3.63, 3.8) is 0 Å². The molecule has 0 saturated heterocycles. The molecule has 0 bridgehead atoms. The van der Waals surface area contributed by atoms with Gasteiger partial charge >= 0.3 is 216 Å². The Hall–Kier alpha value is 2.10. The zero-order chi connectivity index (χ0) is 23.9. The molecule has 0 saturated carbocycles. The van der Waals surface area contributed by atoms with Gasteiger partial charge in [-0.05, 0) is 0 Å². The molecule has 0 N–H and O–H groups in total. The molecule has 0 rings (SSSR count). The van der Waals surface area contributed by atoms with Gasteiger partial charge in [0, 0.05) is 0 Å². The molecule has 0 aliphatic carbocycles. The predicted molar refractivity (Wildman–Crippen MR) is 174 cm³/mol. The predicted octanol–water partition coefficient (Wildman–Crippen LogP) is -10.4. The molecule has 29 radical (unpaired) electrons. The summed E-state index contributed by atoms with van der Waals surface area (Å²) in [5.41, 5.74) is 0. The van der Waals surface area contributed by atoms with E-state index in [4.69, 9.17) is 120 Å². The molecule has 0 aliphatic rings. The minimum absolute atomic E-state index is 0.683. The Kier molecular flexibility index (Phi) is 16.2. The first-order valence-corrected chi connectivity index (χ1v) is 10.0. The van der Waals surface area contributed by atoms with Gasteiger partial charge in [0.15, 0.2) is 0 Å². The monoisotopic (exact) mass is 351 g/mol. The van der Waals surface area contributed by atoms with Gasteiger partial charge in [-0.2, -0.15) is 0 Å². The van der Waals surface area contributed by atoms with Crippen molar-refractivity contribution in [2.24, 2.45) is 0 Å². The Labute approximate surface area is 215 Å². The third-order valence-electron chi connectivity index (χ3n) is 5.71. The summed E-state index contributed by atoms with van der Waals surface area (Å²) in [6.07, 6.45) is -11.1. The Bertz CT molecular complexity index is 415. The van der Waals surface area contributed by atoms with E-state index in [-0.39, 0.29) is 0 Å². The summed E-state index contributed by atoms with van der Waals surface area (Å²) in [6, 6.07) is 1.42. The van der Waals surface area contributed by atoms with Crippen LogP contribution in [0.25, 0.3) is 0 Å². The maximum absolute atomic E-state index is 6.29. The van der Waals surface area contributed by atoms with Gasteiger partial charge in [-0.25, -0.2) is 0 Å². The summed E-state index contributed by atoms with van der Waals surface area (Å²) in [5, 5.41) is 0. The molecular weight excluding hydrogens is 346 g/mol. The van der Waals surface area contributed by atoms with E-state index in [1.54, 1.807) is 0 Å². The van der Waals surface area contributed by atoms with E-state index >= 15 is 0 Å². The van der Waals surface area contributed by atoms with Crippen LogP contribution in [0, 0.1) is 0 Å². The molecule has 0 unspecified atom stereocenters. The third kappa shape index (κ3) is 8.71. The first kappa shape index (κ1) is 32.1. The standard InChI is InChI=1S/B29S/c1-15-23(14)28(25(17(2)3)18(4)5)24(16-30)29(26(19(6)7)20(8)9)27(21(10)11)22(12)13. The zero-order valence-electron chi connectivity index (χ0n) is 17.2. The van der Waals surface area contributed by atoms with Gasteiger partial charge < -0.3 is 0 Å². The Balaban J connectivity index is 6.87. The van der Waals surface area contributed by atoms with Crippen molar-refractivity contribution in [1.82, 2.24) is 0 Å². The summed E-state index contributed by atoms with van der Waals surface area (Å²) in [7, 11) is 85.3. The number of hydrogen-bond acceptors (Lipinski definition) is 1. The van der Waals surface area contributed by atoms with Crippen molar-refractivity contribution in [3.8, 4) is 0 Å². The van der Waals surface area contributed by atoms with Crippen molar-refractivity contribution in [1.29, 1.82) is 0 Å². The molecule has 30 heavy (non-hydrogen) atoms. The first-order valence-electron chi connectivity index (χ1n) is 9.57. The third-order valence-corrected chi connectivity index (χ3v) is 6.03. The second-order valence-corrected chi connectivity index (χ2v) is 8.11. The van der Waals surface area contributed by atoms with Gasteiger partial charge in [0.05, 0.1) is 0 Å². The molecule has 93 valence electrons. The van der Waals surface area contributed by atoms with Crippen molar-refractivity contribution >= 4 is 216 Å². The van der Waals surface area contributed by atoms with Crippen LogP contribution >= 0.6 is 12.1 Å².